The number of amides is 5. The number of rotatable bonds is 15. The Bertz CT molecular complexity index is 1880. The number of carbonyl (C=O) groups excluding carboxylic acids is 5. The first-order valence-corrected chi connectivity index (χ1v) is 17.9. The van der Waals surface area contributed by atoms with Gasteiger partial charge in [-0.3, -0.25) is 24.0 Å². The predicted molar refractivity (Wildman–Crippen MR) is 202 cm³/mol. The topological polar surface area (TPSA) is 128 Å². The smallest absolute Gasteiger partial charge is 0.252 e. The molecule has 0 saturated carbocycles. The summed E-state index contributed by atoms with van der Waals surface area (Å²) < 4.78 is 0. The van der Waals surface area contributed by atoms with Crippen LogP contribution in [-0.4, -0.2) is 84.1 Å². The molecule has 10 nitrogen and oxygen atoms in total. The average Bonchev–Trinajstić information content (AvgIpc) is 3.17. The summed E-state index contributed by atoms with van der Waals surface area (Å²) in [6.07, 6.45) is 3.33. The van der Waals surface area contributed by atoms with Gasteiger partial charge in [0.05, 0.1) is 6.42 Å². The van der Waals surface area contributed by atoms with Crippen LogP contribution in [0.15, 0.2) is 110 Å². The summed E-state index contributed by atoms with van der Waals surface area (Å²) in [5.41, 5.74) is 3.31. The van der Waals surface area contributed by atoms with Crippen LogP contribution in [0.4, 0.5) is 0 Å². The van der Waals surface area contributed by atoms with Gasteiger partial charge >= 0.3 is 0 Å². The minimum atomic E-state index is -0.814. The standard InChI is InChI=1S/C42H47N5O5/c1-3-38(48)43-23-12-11-22-36(44-39(49)29-33-18-8-7-14-30(33)2)41(51)46-24-26-47(27-25-46)42(52)37(28-31-15-5-4-6-16-31)45-40(50)35-21-13-19-32-17-9-10-20-34(32)35/h3-10,13-21,36-37H,1,11-12,22-29H2,2H3,(H,43,48)(H,44,49)(H,45,50)/t36-,37+/m0/s1. The van der Waals surface area contributed by atoms with E-state index in [1.807, 2.05) is 97.9 Å². The highest BCUT2D eigenvalue weighted by atomic mass is 16.2. The maximum absolute atomic E-state index is 14.1. The van der Waals surface area contributed by atoms with Gasteiger partial charge in [0.2, 0.25) is 23.6 Å². The molecule has 0 unspecified atom stereocenters. The highest BCUT2D eigenvalue weighted by Crippen LogP contribution is 2.20. The van der Waals surface area contributed by atoms with Gasteiger partial charge in [0.25, 0.3) is 5.91 Å². The van der Waals surface area contributed by atoms with Crippen LogP contribution in [-0.2, 0) is 32.0 Å². The second-order valence-electron chi connectivity index (χ2n) is 13.1. The monoisotopic (exact) mass is 701 g/mol. The lowest BCUT2D eigenvalue weighted by molar-refractivity contribution is -0.142. The maximum atomic E-state index is 14.1. The molecule has 1 aliphatic rings. The van der Waals surface area contributed by atoms with E-state index in [-0.39, 0.29) is 49.0 Å². The highest BCUT2D eigenvalue weighted by molar-refractivity contribution is 6.08. The van der Waals surface area contributed by atoms with Crippen molar-refractivity contribution in [2.75, 3.05) is 32.7 Å². The molecule has 1 aliphatic heterocycles. The van der Waals surface area contributed by atoms with Crippen molar-refractivity contribution >= 4 is 40.3 Å². The minimum absolute atomic E-state index is 0.154. The number of carbonyl (C=O) groups is 5. The predicted octanol–water partition coefficient (Wildman–Crippen LogP) is 4.36. The molecule has 1 fully saturated rings. The van der Waals surface area contributed by atoms with Crippen LogP contribution in [0.2, 0.25) is 0 Å². The summed E-state index contributed by atoms with van der Waals surface area (Å²) in [7, 11) is 0. The van der Waals surface area contributed by atoms with Gasteiger partial charge < -0.3 is 25.8 Å². The quantitative estimate of drug-likeness (QED) is 0.125. The van der Waals surface area contributed by atoms with Crippen LogP contribution in [0.3, 0.4) is 0 Å². The molecule has 0 aliphatic carbocycles. The third kappa shape index (κ3) is 10.2. The molecular weight excluding hydrogens is 654 g/mol. The maximum Gasteiger partial charge on any atom is 0.252 e. The molecule has 1 saturated heterocycles. The van der Waals surface area contributed by atoms with Gasteiger partial charge in [-0.25, -0.2) is 0 Å². The Hall–Kier alpha value is -5.77. The molecule has 52 heavy (non-hydrogen) atoms. The molecule has 5 rings (SSSR count). The Labute approximate surface area is 305 Å². The van der Waals surface area contributed by atoms with E-state index in [4.69, 9.17) is 0 Å². The minimum Gasteiger partial charge on any atom is -0.353 e. The number of piperazine rings is 1. The number of hydrogen-bond acceptors (Lipinski definition) is 5. The van der Waals surface area contributed by atoms with E-state index < -0.39 is 12.1 Å². The van der Waals surface area contributed by atoms with Crippen molar-refractivity contribution in [3.8, 4) is 0 Å². The fourth-order valence-corrected chi connectivity index (χ4v) is 6.54. The van der Waals surface area contributed by atoms with Crippen molar-refractivity contribution in [3.63, 3.8) is 0 Å². The number of aryl methyl sites for hydroxylation is 1. The largest absolute Gasteiger partial charge is 0.353 e. The van der Waals surface area contributed by atoms with Gasteiger partial charge in [-0.15, -0.1) is 0 Å². The van der Waals surface area contributed by atoms with E-state index in [9.17, 15) is 24.0 Å². The Morgan fingerprint density at radius 3 is 2.08 bits per heavy atom. The summed E-state index contributed by atoms with van der Waals surface area (Å²) in [4.78, 5) is 69.8. The Morgan fingerprint density at radius 1 is 0.731 bits per heavy atom. The zero-order valence-electron chi connectivity index (χ0n) is 29.7. The SMILES string of the molecule is C=CC(=O)NCCCC[C@H](NC(=O)Cc1ccccc1C)C(=O)N1CCN(C(=O)[C@@H](Cc2ccccc2)NC(=O)c2cccc3ccccc23)CC1. The van der Waals surface area contributed by atoms with Gasteiger partial charge in [-0.05, 0) is 65.8 Å². The van der Waals surface area contributed by atoms with Gasteiger partial charge in [-0.1, -0.05) is 97.6 Å². The van der Waals surface area contributed by atoms with Crippen molar-refractivity contribution in [1.29, 1.82) is 0 Å². The molecule has 0 aromatic heterocycles. The average molecular weight is 702 g/mol. The summed E-state index contributed by atoms with van der Waals surface area (Å²) in [6.45, 7) is 7.01. The van der Waals surface area contributed by atoms with Crippen molar-refractivity contribution in [2.24, 2.45) is 0 Å². The van der Waals surface area contributed by atoms with Gasteiger partial charge in [0, 0.05) is 44.7 Å². The Balaban J connectivity index is 1.24. The Morgan fingerprint density at radius 2 is 1.37 bits per heavy atom. The van der Waals surface area contributed by atoms with E-state index in [1.165, 1.54) is 6.08 Å². The van der Waals surface area contributed by atoms with Crippen molar-refractivity contribution < 1.29 is 24.0 Å². The molecule has 5 amide bonds. The van der Waals surface area contributed by atoms with E-state index >= 15 is 0 Å². The summed E-state index contributed by atoms with van der Waals surface area (Å²) in [5.74, 6) is -1.24. The highest BCUT2D eigenvalue weighted by Gasteiger charge is 2.33. The lowest BCUT2D eigenvalue weighted by Crippen LogP contribution is -2.58. The first-order valence-electron chi connectivity index (χ1n) is 17.9. The molecule has 3 N–H and O–H groups in total. The number of hydrogen-bond donors (Lipinski definition) is 3. The van der Waals surface area contributed by atoms with Crippen LogP contribution in [0.1, 0.15) is 46.3 Å². The molecule has 0 bridgehead atoms. The number of benzene rings is 4. The second kappa shape index (κ2) is 18.5. The molecule has 0 radical (unpaired) electrons. The van der Waals surface area contributed by atoms with Crippen LogP contribution < -0.4 is 16.0 Å². The molecule has 10 heteroatoms. The lowest BCUT2D eigenvalue weighted by atomic mass is 10.0. The second-order valence-corrected chi connectivity index (χ2v) is 13.1. The summed E-state index contributed by atoms with van der Waals surface area (Å²) in [6, 6.07) is 28.9. The van der Waals surface area contributed by atoms with E-state index in [2.05, 4.69) is 22.5 Å². The zero-order chi connectivity index (χ0) is 36.9. The van der Waals surface area contributed by atoms with Gasteiger partial charge in [0.15, 0.2) is 0 Å². The van der Waals surface area contributed by atoms with E-state index in [0.717, 1.165) is 27.5 Å². The van der Waals surface area contributed by atoms with Crippen molar-refractivity contribution in [2.45, 2.75) is 51.1 Å². The number of unbranched alkanes of at least 4 members (excludes halogenated alkanes) is 1. The van der Waals surface area contributed by atoms with E-state index in [0.29, 0.717) is 50.9 Å². The van der Waals surface area contributed by atoms with E-state index in [1.54, 1.807) is 15.9 Å². The van der Waals surface area contributed by atoms with Crippen LogP contribution in [0.25, 0.3) is 10.8 Å². The lowest BCUT2D eigenvalue weighted by Gasteiger charge is -2.38. The number of nitrogens with one attached hydrogen (secondary N) is 3. The molecule has 4 aromatic carbocycles. The molecule has 270 valence electrons. The number of fused-ring (bicyclic) bond motifs is 1. The molecule has 2 atom stereocenters. The molecule has 0 spiro atoms. The Kier molecular flexibility index (Phi) is 13.3. The zero-order valence-corrected chi connectivity index (χ0v) is 29.7. The van der Waals surface area contributed by atoms with Crippen LogP contribution >= 0.6 is 0 Å². The summed E-state index contributed by atoms with van der Waals surface area (Å²) in [5, 5.41) is 10.5. The molecule has 1 heterocycles. The fraction of sp³-hybridized carbons (Fsp3) is 0.310. The summed E-state index contributed by atoms with van der Waals surface area (Å²) >= 11 is 0. The molecular formula is C42H47N5O5. The normalized spacial score (nSPS) is 13.9. The van der Waals surface area contributed by atoms with Crippen LogP contribution in [0.5, 0.6) is 0 Å². The molecule has 4 aromatic rings. The third-order valence-electron chi connectivity index (χ3n) is 9.47. The van der Waals surface area contributed by atoms with Crippen LogP contribution in [0, 0.1) is 6.92 Å². The van der Waals surface area contributed by atoms with Crippen molar-refractivity contribution in [3.05, 3.63) is 132 Å². The first kappa shape index (κ1) is 37.5. The van der Waals surface area contributed by atoms with Gasteiger partial charge in [-0.2, -0.15) is 0 Å². The first-order chi connectivity index (χ1) is 25.2. The third-order valence-corrected chi connectivity index (χ3v) is 9.47. The van der Waals surface area contributed by atoms with Gasteiger partial charge in [0.1, 0.15) is 12.1 Å². The number of nitrogens with zero attached hydrogens (tertiary/aromatic N) is 2. The van der Waals surface area contributed by atoms with Crippen molar-refractivity contribution in [1.82, 2.24) is 25.8 Å². The fourth-order valence-electron chi connectivity index (χ4n) is 6.54.